The van der Waals surface area contributed by atoms with E-state index in [1.165, 1.54) is 4.90 Å². The number of rotatable bonds is 10. The van der Waals surface area contributed by atoms with E-state index in [0.29, 0.717) is 18.1 Å². The molecule has 1 atom stereocenters. The topological polar surface area (TPSA) is 75.2 Å². The van der Waals surface area contributed by atoms with Crippen LogP contribution in [0.3, 0.4) is 0 Å². The molecule has 2 aromatic rings. The summed E-state index contributed by atoms with van der Waals surface area (Å²) in [5.41, 5.74) is 1.46. The van der Waals surface area contributed by atoms with Crippen molar-refractivity contribution in [2.45, 2.75) is 33.0 Å². The number of amides is 1. The number of para-hydroxylation sites is 1. The van der Waals surface area contributed by atoms with Crippen LogP contribution in [-0.2, 0) is 11.3 Å². The van der Waals surface area contributed by atoms with Gasteiger partial charge in [0.15, 0.2) is 17.5 Å². The monoisotopic (exact) mass is 576 g/mol. The van der Waals surface area contributed by atoms with Crippen LogP contribution in [0.5, 0.6) is 11.5 Å². The Bertz CT molecular complexity index is 899. The number of alkyl halides is 2. The standard InChI is InChI=1S/C23H30F2N4O3.HI/c1-5-31-19-13-9-12-18(21(19)32-22(24)25)14-26-23(27-15-20(30)29(3)4)28-16(2)17-10-7-6-8-11-17;/h6-13,16,22H,5,14-15H2,1-4H3,(H2,26,27,28);1H. The predicted octanol–water partition coefficient (Wildman–Crippen LogP) is 4.19. The lowest BCUT2D eigenvalue weighted by atomic mass is 10.1. The fourth-order valence-corrected chi connectivity index (χ4v) is 2.84. The van der Waals surface area contributed by atoms with Gasteiger partial charge in [-0.15, -0.1) is 24.0 Å². The lowest BCUT2D eigenvalue weighted by Gasteiger charge is -2.20. The Hall–Kier alpha value is -2.63. The zero-order valence-electron chi connectivity index (χ0n) is 19.2. The summed E-state index contributed by atoms with van der Waals surface area (Å²) in [7, 11) is 3.32. The van der Waals surface area contributed by atoms with Crippen molar-refractivity contribution in [1.29, 1.82) is 0 Å². The van der Waals surface area contributed by atoms with Crippen LogP contribution in [0.4, 0.5) is 8.78 Å². The summed E-state index contributed by atoms with van der Waals surface area (Å²) in [5, 5.41) is 6.24. The van der Waals surface area contributed by atoms with Crippen molar-refractivity contribution in [1.82, 2.24) is 15.5 Å². The predicted molar refractivity (Wildman–Crippen MR) is 135 cm³/mol. The SMILES string of the molecule is CCOc1cccc(CN=C(NCC(=O)N(C)C)NC(C)c2ccccc2)c1OC(F)F.I. The Kier molecular flexibility index (Phi) is 12.5. The highest BCUT2D eigenvalue weighted by molar-refractivity contribution is 14.0. The van der Waals surface area contributed by atoms with E-state index in [1.54, 1.807) is 39.2 Å². The number of hydrogen-bond acceptors (Lipinski definition) is 4. The number of guanidine groups is 1. The summed E-state index contributed by atoms with van der Waals surface area (Å²) < 4.78 is 36.1. The number of carbonyl (C=O) groups excluding carboxylic acids is 1. The molecule has 1 amide bonds. The Balaban J connectivity index is 0.00000544. The lowest BCUT2D eigenvalue weighted by Crippen LogP contribution is -2.43. The van der Waals surface area contributed by atoms with Crippen LogP contribution in [0.1, 0.15) is 31.0 Å². The van der Waals surface area contributed by atoms with Crippen molar-refractivity contribution in [3.05, 3.63) is 59.7 Å². The van der Waals surface area contributed by atoms with E-state index in [9.17, 15) is 13.6 Å². The summed E-state index contributed by atoms with van der Waals surface area (Å²) in [6, 6.07) is 14.5. The smallest absolute Gasteiger partial charge is 0.387 e. The number of likely N-dealkylation sites (N-methyl/N-ethyl adjacent to an activating group) is 1. The van der Waals surface area contributed by atoms with Gasteiger partial charge in [0.1, 0.15) is 0 Å². The number of carbonyl (C=O) groups is 1. The van der Waals surface area contributed by atoms with Crippen LogP contribution >= 0.6 is 24.0 Å². The Morgan fingerprint density at radius 1 is 1.12 bits per heavy atom. The van der Waals surface area contributed by atoms with Crippen LogP contribution in [0.2, 0.25) is 0 Å². The number of hydrogen-bond donors (Lipinski definition) is 2. The number of nitrogens with one attached hydrogen (secondary N) is 2. The van der Waals surface area contributed by atoms with E-state index in [1.807, 2.05) is 37.3 Å². The van der Waals surface area contributed by atoms with Gasteiger partial charge in [0, 0.05) is 19.7 Å². The number of benzene rings is 2. The average Bonchev–Trinajstić information content (AvgIpc) is 2.77. The van der Waals surface area contributed by atoms with Gasteiger partial charge in [0.25, 0.3) is 0 Å². The molecule has 0 aliphatic rings. The number of ether oxygens (including phenoxy) is 2. The van der Waals surface area contributed by atoms with E-state index in [0.717, 1.165) is 5.56 Å². The van der Waals surface area contributed by atoms with Crippen molar-refractivity contribution in [3.63, 3.8) is 0 Å². The van der Waals surface area contributed by atoms with E-state index >= 15 is 0 Å². The van der Waals surface area contributed by atoms with Crippen molar-refractivity contribution in [2.24, 2.45) is 4.99 Å². The third kappa shape index (κ3) is 9.40. The molecule has 0 aliphatic heterocycles. The molecule has 0 fully saturated rings. The van der Waals surface area contributed by atoms with Gasteiger partial charge in [-0.2, -0.15) is 8.78 Å². The van der Waals surface area contributed by atoms with Crippen LogP contribution in [-0.4, -0.2) is 50.6 Å². The van der Waals surface area contributed by atoms with Crippen LogP contribution in [0, 0.1) is 0 Å². The second kappa shape index (κ2) is 14.5. The molecular formula is C23H31F2IN4O3. The Morgan fingerprint density at radius 3 is 2.42 bits per heavy atom. The molecular weight excluding hydrogens is 545 g/mol. The average molecular weight is 576 g/mol. The molecule has 0 aliphatic carbocycles. The van der Waals surface area contributed by atoms with Gasteiger partial charge in [0.2, 0.25) is 5.91 Å². The first-order valence-electron chi connectivity index (χ1n) is 10.3. The first-order valence-corrected chi connectivity index (χ1v) is 10.3. The summed E-state index contributed by atoms with van der Waals surface area (Å²) in [6.45, 7) is 1.10. The molecule has 7 nitrogen and oxygen atoms in total. The lowest BCUT2D eigenvalue weighted by molar-refractivity contribution is -0.127. The summed E-state index contributed by atoms with van der Waals surface area (Å²) in [4.78, 5) is 18.0. The normalized spacial score (nSPS) is 11.9. The van der Waals surface area contributed by atoms with Gasteiger partial charge in [0.05, 0.1) is 25.7 Å². The molecule has 10 heteroatoms. The molecule has 0 saturated carbocycles. The van der Waals surface area contributed by atoms with E-state index < -0.39 is 6.61 Å². The van der Waals surface area contributed by atoms with Crippen molar-refractivity contribution >= 4 is 35.8 Å². The van der Waals surface area contributed by atoms with Crippen LogP contribution in [0.15, 0.2) is 53.5 Å². The van der Waals surface area contributed by atoms with E-state index in [2.05, 4.69) is 15.6 Å². The van der Waals surface area contributed by atoms with Crippen molar-refractivity contribution in [2.75, 3.05) is 27.2 Å². The van der Waals surface area contributed by atoms with Crippen molar-refractivity contribution in [3.8, 4) is 11.5 Å². The van der Waals surface area contributed by atoms with Crippen molar-refractivity contribution < 1.29 is 23.0 Å². The zero-order chi connectivity index (χ0) is 23.5. The minimum absolute atomic E-state index is 0. The molecule has 0 radical (unpaired) electrons. The third-order valence-electron chi connectivity index (χ3n) is 4.53. The molecule has 0 saturated heterocycles. The molecule has 0 spiro atoms. The minimum Gasteiger partial charge on any atom is -0.490 e. The van der Waals surface area contributed by atoms with Gasteiger partial charge in [-0.05, 0) is 25.5 Å². The minimum atomic E-state index is -2.99. The van der Waals surface area contributed by atoms with Crippen LogP contribution < -0.4 is 20.1 Å². The zero-order valence-corrected chi connectivity index (χ0v) is 21.5. The molecule has 0 bridgehead atoms. The van der Waals surface area contributed by atoms with Gasteiger partial charge in [-0.3, -0.25) is 4.79 Å². The van der Waals surface area contributed by atoms with Crippen LogP contribution in [0.25, 0.3) is 0 Å². The first-order chi connectivity index (χ1) is 15.3. The molecule has 2 aromatic carbocycles. The molecule has 182 valence electrons. The summed E-state index contributed by atoms with van der Waals surface area (Å²) >= 11 is 0. The quantitative estimate of drug-likeness (QED) is 0.252. The highest BCUT2D eigenvalue weighted by Crippen LogP contribution is 2.33. The second-order valence-electron chi connectivity index (χ2n) is 7.14. The van der Waals surface area contributed by atoms with Gasteiger partial charge in [-0.25, -0.2) is 4.99 Å². The van der Waals surface area contributed by atoms with Gasteiger partial charge in [-0.1, -0.05) is 42.5 Å². The number of aliphatic imine (C=N–C) groups is 1. The molecule has 33 heavy (non-hydrogen) atoms. The fraction of sp³-hybridized carbons (Fsp3) is 0.391. The Labute approximate surface area is 210 Å². The largest absolute Gasteiger partial charge is 0.490 e. The van der Waals surface area contributed by atoms with E-state index in [4.69, 9.17) is 9.47 Å². The van der Waals surface area contributed by atoms with E-state index in [-0.39, 0.29) is 60.5 Å². The highest BCUT2D eigenvalue weighted by atomic mass is 127. The molecule has 2 N–H and O–H groups in total. The fourth-order valence-electron chi connectivity index (χ4n) is 2.84. The number of nitrogens with zero attached hydrogens (tertiary/aromatic N) is 2. The maximum Gasteiger partial charge on any atom is 0.387 e. The summed E-state index contributed by atoms with van der Waals surface area (Å²) in [5.74, 6) is 0.407. The Morgan fingerprint density at radius 2 is 1.82 bits per heavy atom. The van der Waals surface area contributed by atoms with Gasteiger partial charge >= 0.3 is 6.61 Å². The third-order valence-corrected chi connectivity index (χ3v) is 4.53. The highest BCUT2D eigenvalue weighted by Gasteiger charge is 2.16. The summed E-state index contributed by atoms with van der Waals surface area (Å²) in [6.07, 6.45) is 0. The second-order valence-corrected chi connectivity index (χ2v) is 7.14. The molecule has 0 heterocycles. The number of halogens is 3. The first kappa shape index (κ1) is 28.4. The molecule has 2 rings (SSSR count). The van der Waals surface area contributed by atoms with Gasteiger partial charge < -0.3 is 25.0 Å². The maximum absolute atomic E-state index is 13.0. The molecule has 1 unspecified atom stereocenters. The maximum atomic E-state index is 13.0. The molecule has 0 aromatic heterocycles.